The fourth-order valence-corrected chi connectivity index (χ4v) is 5.85. The Balaban J connectivity index is 1.79. The number of aromatic nitrogens is 3. The molecule has 1 aliphatic rings. The lowest BCUT2D eigenvalue weighted by Crippen LogP contribution is -2.37. The van der Waals surface area contributed by atoms with E-state index in [9.17, 15) is 9.59 Å². The molecule has 0 bridgehead atoms. The van der Waals surface area contributed by atoms with Crippen LogP contribution in [0.2, 0.25) is 5.02 Å². The number of pyridine rings is 2. The first kappa shape index (κ1) is 27.8. The maximum absolute atomic E-state index is 14.4. The maximum atomic E-state index is 14.4. The molecule has 1 saturated heterocycles. The van der Waals surface area contributed by atoms with Crippen LogP contribution in [0.25, 0.3) is 33.6 Å². The van der Waals surface area contributed by atoms with Crippen molar-refractivity contribution in [2.75, 3.05) is 20.2 Å². The highest BCUT2D eigenvalue weighted by Gasteiger charge is 2.27. The van der Waals surface area contributed by atoms with Gasteiger partial charge in [-0.15, -0.1) is 11.3 Å². The molecule has 0 atom stereocenters. The van der Waals surface area contributed by atoms with Crippen LogP contribution in [0.5, 0.6) is 5.88 Å². The molecule has 1 amide bonds. The molecule has 206 valence electrons. The molecule has 4 heterocycles. The molecule has 3 aromatic heterocycles. The van der Waals surface area contributed by atoms with Crippen molar-refractivity contribution in [2.24, 2.45) is 0 Å². The maximum Gasteiger partial charge on any atom is 0.266 e. The first-order valence-corrected chi connectivity index (χ1v) is 14.5. The summed E-state index contributed by atoms with van der Waals surface area (Å²) in [5.41, 5.74) is 4.91. The molecule has 7 nitrogen and oxygen atoms in total. The average molecular weight is 575 g/mol. The molecule has 0 N–H and O–H groups in total. The number of amides is 1. The van der Waals surface area contributed by atoms with Gasteiger partial charge in [0.1, 0.15) is 10.7 Å². The summed E-state index contributed by atoms with van der Waals surface area (Å²) in [6.45, 7) is 7.18. The minimum absolute atomic E-state index is 0.101. The van der Waals surface area contributed by atoms with E-state index in [1.165, 1.54) is 18.4 Å². The van der Waals surface area contributed by atoms with E-state index in [0.717, 1.165) is 41.7 Å². The van der Waals surface area contributed by atoms with E-state index in [2.05, 4.69) is 4.98 Å². The summed E-state index contributed by atoms with van der Waals surface area (Å²) in [4.78, 5) is 39.6. The number of hydrogen-bond acceptors (Lipinski definition) is 6. The summed E-state index contributed by atoms with van der Waals surface area (Å²) >= 11 is 7.44. The Kier molecular flexibility index (Phi) is 8.19. The largest absolute Gasteiger partial charge is 0.480 e. The normalized spacial score (nSPS) is 13.3. The van der Waals surface area contributed by atoms with Gasteiger partial charge in [0.2, 0.25) is 5.88 Å². The molecule has 0 spiro atoms. The Bertz CT molecular complexity index is 1650. The van der Waals surface area contributed by atoms with Crippen molar-refractivity contribution in [3.05, 3.63) is 85.7 Å². The standard InChI is InChI=1S/C31H31ClN4O3S/c1-19(2)14-26-23(30(37)35-12-6-5-7-13-35)16-24(29-34-25(18-40-29)21-8-10-22(32)11-9-21)31(38)36(26)27-15-20(3)17-33-28(27)39-4/h8-11,14-18H,5-7,12-13H2,1-4H3. The highest BCUT2D eigenvalue weighted by Crippen LogP contribution is 2.32. The summed E-state index contributed by atoms with van der Waals surface area (Å²) < 4.78 is 7.15. The number of benzene rings is 1. The molecule has 1 aliphatic heterocycles. The molecule has 1 aromatic carbocycles. The lowest BCUT2D eigenvalue weighted by atomic mass is 10.0. The van der Waals surface area contributed by atoms with E-state index >= 15 is 0 Å². The fraction of sp³-hybridized carbons (Fsp3) is 0.290. The van der Waals surface area contributed by atoms with Gasteiger partial charge in [0.25, 0.3) is 11.5 Å². The number of thiazole rings is 1. The molecular weight excluding hydrogens is 544 g/mol. The van der Waals surface area contributed by atoms with E-state index in [0.29, 0.717) is 51.5 Å². The van der Waals surface area contributed by atoms with Gasteiger partial charge in [-0.2, -0.15) is 0 Å². The van der Waals surface area contributed by atoms with Gasteiger partial charge in [0, 0.05) is 35.3 Å². The van der Waals surface area contributed by atoms with Crippen LogP contribution in [0.15, 0.2) is 58.3 Å². The highest BCUT2D eigenvalue weighted by molar-refractivity contribution is 7.13. The fourth-order valence-electron chi connectivity index (χ4n) is 4.89. The zero-order valence-electron chi connectivity index (χ0n) is 23.0. The third kappa shape index (κ3) is 5.60. The first-order valence-electron chi connectivity index (χ1n) is 13.2. The van der Waals surface area contributed by atoms with Crippen molar-refractivity contribution in [3.8, 4) is 33.4 Å². The molecule has 4 aromatic rings. The summed E-state index contributed by atoms with van der Waals surface area (Å²) in [5, 5.41) is 3.08. The summed E-state index contributed by atoms with van der Waals surface area (Å²) in [5.74, 6) is 0.196. The number of nitrogens with zero attached hydrogens (tertiary/aromatic N) is 4. The summed E-state index contributed by atoms with van der Waals surface area (Å²) in [7, 11) is 1.52. The number of rotatable bonds is 6. The molecule has 9 heteroatoms. The molecule has 40 heavy (non-hydrogen) atoms. The smallest absolute Gasteiger partial charge is 0.266 e. The number of hydrogen-bond donors (Lipinski definition) is 0. The SMILES string of the molecule is COc1ncc(C)cc1-n1c(C=C(C)C)c(C(=O)N2CCCCC2)cc(-c2nc(-c3ccc(Cl)cc3)cs2)c1=O. The van der Waals surface area contributed by atoms with Gasteiger partial charge in [-0.05, 0) is 75.9 Å². The van der Waals surface area contributed by atoms with Crippen LogP contribution in [0, 0.1) is 6.92 Å². The van der Waals surface area contributed by atoms with Crippen molar-refractivity contribution in [1.29, 1.82) is 0 Å². The predicted molar refractivity (Wildman–Crippen MR) is 162 cm³/mol. The van der Waals surface area contributed by atoms with Gasteiger partial charge in [0.15, 0.2) is 0 Å². The quantitative estimate of drug-likeness (QED) is 0.247. The van der Waals surface area contributed by atoms with Crippen molar-refractivity contribution in [3.63, 3.8) is 0 Å². The number of aryl methyl sites for hydroxylation is 1. The van der Waals surface area contributed by atoms with Crippen LogP contribution in [0.4, 0.5) is 0 Å². The number of piperidine rings is 1. The second-order valence-corrected chi connectivity index (χ2v) is 11.5. The van der Waals surface area contributed by atoms with Gasteiger partial charge in [-0.1, -0.05) is 29.3 Å². The molecule has 1 fully saturated rings. The third-order valence-corrected chi connectivity index (χ3v) is 7.94. The molecule has 0 radical (unpaired) electrons. The number of ether oxygens (including phenoxy) is 1. The number of halogens is 1. The number of allylic oxidation sites excluding steroid dienone is 1. The number of carbonyl (C=O) groups excluding carboxylic acids is 1. The van der Waals surface area contributed by atoms with E-state index in [1.807, 2.05) is 67.5 Å². The lowest BCUT2D eigenvalue weighted by molar-refractivity contribution is 0.0723. The van der Waals surface area contributed by atoms with Crippen LogP contribution in [-0.4, -0.2) is 45.5 Å². The number of likely N-dealkylation sites (tertiary alicyclic amines) is 1. The van der Waals surface area contributed by atoms with Crippen LogP contribution in [0.3, 0.4) is 0 Å². The molecule has 0 aliphatic carbocycles. The van der Waals surface area contributed by atoms with Gasteiger partial charge in [0.05, 0.1) is 29.6 Å². The minimum atomic E-state index is -0.301. The Morgan fingerprint density at radius 1 is 1.10 bits per heavy atom. The zero-order valence-corrected chi connectivity index (χ0v) is 24.6. The zero-order chi connectivity index (χ0) is 28.4. The summed E-state index contributed by atoms with van der Waals surface area (Å²) in [6.07, 6.45) is 6.60. The van der Waals surface area contributed by atoms with E-state index in [1.54, 1.807) is 16.8 Å². The van der Waals surface area contributed by atoms with Crippen LogP contribution in [0.1, 0.15) is 54.7 Å². The van der Waals surface area contributed by atoms with Gasteiger partial charge in [-0.25, -0.2) is 9.97 Å². The molecule has 0 saturated carbocycles. The monoisotopic (exact) mass is 574 g/mol. The second kappa shape index (κ2) is 11.8. The van der Waals surface area contributed by atoms with Crippen molar-refractivity contribution in [2.45, 2.75) is 40.0 Å². The Hall–Kier alpha value is -3.75. The van der Waals surface area contributed by atoms with Crippen LogP contribution in [-0.2, 0) is 0 Å². The van der Waals surface area contributed by atoms with E-state index in [-0.39, 0.29) is 11.5 Å². The lowest BCUT2D eigenvalue weighted by Gasteiger charge is -2.28. The Labute approximate surface area is 242 Å². The van der Waals surface area contributed by atoms with Crippen LogP contribution >= 0.6 is 22.9 Å². The van der Waals surface area contributed by atoms with Crippen LogP contribution < -0.4 is 10.3 Å². The highest BCUT2D eigenvalue weighted by atomic mass is 35.5. The molecule has 5 rings (SSSR count). The molecular formula is C31H31ClN4O3S. The number of carbonyl (C=O) groups is 1. The minimum Gasteiger partial charge on any atom is -0.480 e. The van der Waals surface area contributed by atoms with Gasteiger partial charge >= 0.3 is 0 Å². The van der Waals surface area contributed by atoms with Gasteiger partial charge < -0.3 is 9.64 Å². The third-order valence-electron chi connectivity index (χ3n) is 6.82. The van der Waals surface area contributed by atoms with Crippen molar-refractivity contribution in [1.82, 2.24) is 19.4 Å². The number of methoxy groups -OCH3 is 1. The van der Waals surface area contributed by atoms with E-state index in [4.69, 9.17) is 21.3 Å². The van der Waals surface area contributed by atoms with E-state index < -0.39 is 0 Å². The van der Waals surface area contributed by atoms with Crippen molar-refractivity contribution >= 4 is 34.9 Å². The Morgan fingerprint density at radius 3 is 2.50 bits per heavy atom. The van der Waals surface area contributed by atoms with Gasteiger partial charge in [-0.3, -0.25) is 14.2 Å². The predicted octanol–water partition coefficient (Wildman–Crippen LogP) is 7.04. The summed E-state index contributed by atoms with van der Waals surface area (Å²) in [6, 6.07) is 11.0. The Morgan fingerprint density at radius 2 is 1.82 bits per heavy atom. The first-order chi connectivity index (χ1) is 19.3. The van der Waals surface area contributed by atoms with Crippen molar-refractivity contribution < 1.29 is 9.53 Å². The molecule has 0 unspecified atom stereocenters. The average Bonchev–Trinajstić information content (AvgIpc) is 3.43. The second-order valence-electron chi connectivity index (χ2n) is 10.2. The topological polar surface area (TPSA) is 77.3 Å².